The van der Waals surface area contributed by atoms with Gasteiger partial charge in [-0.1, -0.05) is 34.1 Å². The molecule has 5 heteroatoms. The highest BCUT2D eigenvalue weighted by atomic mass is 79.9. The van der Waals surface area contributed by atoms with Crippen LogP contribution >= 0.6 is 27.7 Å². The summed E-state index contributed by atoms with van der Waals surface area (Å²) in [4.78, 5) is 12.0. The van der Waals surface area contributed by atoms with Crippen LogP contribution < -0.4 is 10.1 Å². The van der Waals surface area contributed by atoms with Gasteiger partial charge in [0.25, 0.3) is 0 Å². The number of halogens is 1. The Morgan fingerprint density at radius 1 is 1.17 bits per heavy atom. The van der Waals surface area contributed by atoms with Crippen molar-refractivity contribution in [3.63, 3.8) is 0 Å². The van der Waals surface area contributed by atoms with E-state index >= 15 is 0 Å². The molecule has 2 rings (SSSR count). The van der Waals surface area contributed by atoms with Crippen LogP contribution in [0.3, 0.4) is 0 Å². The van der Waals surface area contributed by atoms with Crippen molar-refractivity contribution in [2.24, 2.45) is 0 Å². The average molecular weight is 394 g/mol. The van der Waals surface area contributed by atoms with Gasteiger partial charge in [0.15, 0.2) is 0 Å². The standard InChI is InChI=1S/C18H20BrNO2S/c1-13(2)22-16-9-7-15(8-10-16)20-18(21)12-23-11-14-5-3-4-6-17(14)19/h3-10,13H,11-12H2,1-2H3,(H,20,21). The molecule has 0 atom stereocenters. The molecule has 0 aliphatic carbocycles. The van der Waals surface area contributed by atoms with Crippen molar-refractivity contribution in [1.82, 2.24) is 0 Å². The molecule has 0 heterocycles. The van der Waals surface area contributed by atoms with Crippen molar-refractivity contribution in [1.29, 1.82) is 0 Å². The van der Waals surface area contributed by atoms with E-state index in [1.165, 1.54) is 5.56 Å². The molecule has 2 aromatic rings. The van der Waals surface area contributed by atoms with E-state index in [0.717, 1.165) is 21.7 Å². The zero-order valence-corrected chi connectivity index (χ0v) is 15.6. The summed E-state index contributed by atoms with van der Waals surface area (Å²) in [6.07, 6.45) is 0.143. The zero-order chi connectivity index (χ0) is 16.7. The van der Waals surface area contributed by atoms with Crippen molar-refractivity contribution < 1.29 is 9.53 Å². The summed E-state index contributed by atoms with van der Waals surface area (Å²) in [6.45, 7) is 3.97. The fraction of sp³-hybridized carbons (Fsp3) is 0.278. The number of hydrogen-bond donors (Lipinski definition) is 1. The Morgan fingerprint density at radius 3 is 2.52 bits per heavy atom. The number of amides is 1. The van der Waals surface area contributed by atoms with Gasteiger partial charge in [0, 0.05) is 15.9 Å². The lowest BCUT2D eigenvalue weighted by Gasteiger charge is -2.10. The van der Waals surface area contributed by atoms with Crippen molar-refractivity contribution in [2.45, 2.75) is 25.7 Å². The molecule has 0 unspecified atom stereocenters. The van der Waals surface area contributed by atoms with Crippen LogP contribution in [0.25, 0.3) is 0 Å². The van der Waals surface area contributed by atoms with Crippen LogP contribution in [0.1, 0.15) is 19.4 Å². The quantitative estimate of drug-likeness (QED) is 0.710. The second kappa shape index (κ2) is 8.99. The first-order valence-corrected chi connectivity index (χ1v) is 9.37. The summed E-state index contributed by atoms with van der Waals surface area (Å²) >= 11 is 5.11. The van der Waals surface area contributed by atoms with E-state index in [4.69, 9.17) is 4.74 Å². The molecule has 0 bridgehead atoms. The van der Waals surface area contributed by atoms with Crippen molar-refractivity contribution in [3.05, 3.63) is 58.6 Å². The lowest BCUT2D eigenvalue weighted by Crippen LogP contribution is -2.14. The summed E-state index contributed by atoms with van der Waals surface area (Å²) in [7, 11) is 0. The van der Waals surface area contributed by atoms with Gasteiger partial charge in [0.2, 0.25) is 5.91 Å². The molecule has 23 heavy (non-hydrogen) atoms. The normalized spacial score (nSPS) is 10.6. The minimum Gasteiger partial charge on any atom is -0.491 e. The Balaban J connectivity index is 1.77. The number of anilines is 1. The average Bonchev–Trinajstić information content (AvgIpc) is 2.51. The van der Waals surface area contributed by atoms with Crippen molar-refractivity contribution >= 4 is 39.3 Å². The summed E-state index contributed by atoms with van der Waals surface area (Å²) in [5, 5.41) is 2.90. The van der Waals surface area contributed by atoms with E-state index in [0.29, 0.717) is 5.75 Å². The topological polar surface area (TPSA) is 38.3 Å². The van der Waals surface area contributed by atoms with Gasteiger partial charge in [-0.2, -0.15) is 0 Å². The molecule has 0 radical (unpaired) electrons. The Bertz CT molecular complexity index is 644. The molecule has 0 saturated heterocycles. The maximum atomic E-state index is 12.0. The number of thioether (sulfide) groups is 1. The monoisotopic (exact) mass is 393 g/mol. The Hall–Kier alpha value is -1.46. The van der Waals surface area contributed by atoms with Crippen LogP contribution in [0.5, 0.6) is 5.75 Å². The van der Waals surface area contributed by atoms with E-state index < -0.39 is 0 Å². The summed E-state index contributed by atoms with van der Waals surface area (Å²) < 4.78 is 6.66. The summed E-state index contributed by atoms with van der Waals surface area (Å²) in [5.41, 5.74) is 1.98. The maximum absolute atomic E-state index is 12.0. The van der Waals surface area contributed by atoms with E-state index in [2.05, 4.69) is 27.3 Å². The minimum absolute atomic E-state index is 0.000387. The SMILES string of the molecule is CC(C)Oc1ccc(NC(=O)CSCc2ccccc2Br)cc1. The second-order valence-corrected chi connectivity index (χ2v) is 7.16. The third-order valence-electron chi connectivity index (χ3n) is 2.96. The van der Waals surface area contributed by atoms with Gasteiger partial charge < -0.3 is 10.1 Å². The molecule has 2 aromatic carbocycles. The van der Waals surface area contributed by atoms with Gasteiger partial charge in [-0.3, -0.25) is 4.79 Å². The van der Waals surface area contributed by atoms with Crippen LogP contribution in [-0.4, -0.2) is 17.8 Å². The number of rotatable bonds is 7. The minimum atomic E-state index is -0.000387. The second-order valence-electron chi connectivity index (χ2n) is 5.32. The van der Waals surface area contributed by atoms with Gasteiger partial charge in [-0.05, 0) is 49.7 Å². The molecule has 122 valence electrons. The molecule has 1 N–H and O–H groups in total. The number of hydrogen-bond acceptors (Lipinski definition) is 3. The third-order valence-corrected chi connectivity index (χ3v) is 4.71. The van der Waals surface area contributed by atoms with Crippen LogP contribution in [-0.2, 0) is 10.5 Å². The van der Waals surface area contributed by atoms with E-state index in [1.54, 1.807) is 11.8 Å². The van der Waals surface area contributed by atoms with Crippen LogP contribution in [0.15, 0.2) is 53.0 Å². The smallest absolute Gasteiger partial charge is 0.234 e. The highest BCUT2D eigenvalue weighted by Gasteiger charge is 2.05. The molecule has 0 spiro atoms. The number of benzene rings is 2. The van der Waals surface area contributed by atoms with Gasteiger partial charge in [0.05, 0.1) is 11.9 Å². The Labute approximate surface area is 149 Å². The summed E-state index contributed by atoms with van der Waals surface area (Å²) in [5.74, 6) is 2.03. The largest absolute Gasteiger partial charge is 0.491 e. The molecule has 1 amide bonds. The fourth-order valence-corrected chi connectivity index (χ4v) is 3.40. The maximum Gasteiger partial charge on any atom is 0.234 e. The molecule has 0 fully saturated rings. The molecular weight excluding hydrogens is 374 g/mol. The molecule has 0 aliphatic rings. The third kappa shape index (κ3) is 6.28. The van der Waals surface area contributed by atoms with Crippen LogP contribution in [0, 0.1) is 0 Å². The molecule has 0 aliphatic heterocycles. The molecule has 3 nitrogen and oxygen atoms in total. The number of carbonyl (C=O) groups is 1. The van der Waals surface area contributed by atoms with Gasteiger partial charge in [0.1, 0.15) is 5.75 Å². The van der Waals surface area contributed by atoms with E-state index in [1.807, 2.05) is 56.3 Å². The number of carbonyl (C=O) groups excluding carboxylic acids is 1. The lowest BCUT2D eigenvalue weighted by molar-refractivity contribution is -0.113. The highest BCUT2D eigenvalue weighted by Crippen LogP contribution is 2.22. The predicted molar refractivity (Wildman–Crippen MR) is 101 cm³/mol. The lowest BCUT2D eigenvalue weighted by atomic mass is 10.2. The molecular formula is C18H20BrNO2S. The first-order chi connectivity index (χ1) is 11.0. The Kier molecular flexibility index (Phi) is 6.99. The first-order valence-electron chi connectivity index (χ1n) is 7.42. The van der Waals surface area contributed by atoms with Crippen LogP contribution in [0.2, 0.25) is 0 Å². The number of nitrogens with one attached hydrogen (secondary N) is 1. The predicted octanol–water partition coefficient (Wildman–Crippen LogP) is 5.11. The van der Waals surface area contributed by atoms with Crippen LogP contribution in [0.4, 0.5) is 5.69 Å². The van der Waals surface area contributed by atoms with Gasteiger partial charge in [-0.25, -0.2) is 0 Å². The van der Waals surface area contributed by atoms with Crippen molar-refractivity contribution in [3.8, 4) is 5.75 Å². The van der Waals surface area contributed by atoms with Gasteiger partial charge in [-0.15, -0.1) is 11.8 Å². The zero-order valence-electron chi connectivity index (χ0n) is 13.2. The molecule has 0 aromatic heterocycles. The fourth-order valence-electron chi connectivity index (χ4n) is 1.96. The Morgan fingerprint density at radius 2 is 1.87 bits per heavy atom. The van der Waals surface area contributed by atoms with Gasteiger partial charge >= 0.3 is 0 Å². The summed E-state index contributed by atoms with van der Waals surface area (Å²) in [6, 6.07) is 15.5. The van der Waals surface area contributed by atoms with Crippen molar-refractivity contribution in [2.75, 3.05) is 11.1 Å². The molecule has 0 saturated carbocycles. The highest BCUT2D eigenvalue weighted by molar-refractivity contribution is 9.10. The first kappa shape index (κ1) is 17.9. The van der Waals surface area contributed by atoms with E-state index in [9.17, 15) is 4.79 Å². The van der Waals surface area contributed by atoms with E-state index in [-0.39, 0.29) is 12.0 Å². The number of ether oxygens (including phenoxy) is 1.